The van der Waals surface area contributed by atoms with Gasteiger partial charge in [0.15, 0.2) is 0 Å². The monoisotopic (exact) mass is 348 g/mol. The number of carbonyl (C=O) groups excluding carboxylic acids is 2. The van der Waals surface area contributed by atoms with Crippen LogP contribution in [0.15, 0.2) is 49.1 Å². The summed E-state index contributed by atoms with van der Waals surface area (Å²) in [5.41, 5.74) is 0.0514. The molecule has 2 N–H and O–H groups in total. The van der Waals surface area contributed by atoms with Crippen LogP contribution in [0.5, 0.6) is 0 Å². The first-order valence-electron chi connectivity index (χ1n) is 8.01. The molecule has 6 heteroatoms. The molecule has 1 aliphatic carbocycles. The Morgan fingerprint density at radius 3 is 2.56 bits per heavy atom. The molecular weight excluding hydrogens is 324 g/mol. The Morgan fingerprint density at radius 1 is 1.40 bits per heavy atom. The summed E-state index contributed by atoms with van der Waals surface area (Å²) in [5, 5.41) is 18.6. The van der Waals surface area contributed by atoms with Gasteiger partial charge in [0.2, 0.25) is 0 Å². The number of ether oxygens (including phenoxy) is 2. The van der Waals surface area contributed by atoms with Crippen LogP contribution >= 0.6 is 0 Å². The van der Waals surface area contributed by atoms with Gasteiger partial charge in [0, 0.05) is 11.5 Å². The molecule has 0 radical (unpaired) electrons. The van der Waals surface area contributed by atoms with Crippen molar-refractivity contribution in [2.45, 2.75) is 25.6 Å². The second-order valence-electron chi connectivity index (χ2n) is 6.83. The van der Waals surface area contributed by atoms with Crippen LogP contribution < -0.4 is 0 Å². The van der Waals surface area contributed by atoms with Gasteiger partial charge in [-0.05, 0) is 17.4 Å². The third-order valence-electron chi connectivity index (χ3n) is 5.19. The fourth-order valence-electron chi connectivity index (χ4n) is 3.79. The van der Waals surface area contributed by atoms with E-state index in [1.54, 1.807) is 6.08 Å². The Morgan fingerprint density at radius 2 is 2.04 bits per heavy atom. The molecule has 136 valence electrons. The number of aliphatic hydroxyl groups is 2. The smallest absolute Gasteiger partial charge is 0.336 e. The summed E-state index contributed by atoms with van der Waals surface area (Å²) >= 11 is 0. The van der Waals surface area contributed by atoms with Gasteiger partial charge in [-0.3, -0.25) is 0 Å². The van der Waals surface area contributed by atoms with Crippen LogP contribution in [0.4, 0.5) is 0 Å². The summed E-state index contributed by atoms with van der Waals surface area (Å²) < 4.78 is 11.0. The zero-order valence-electron chi connectivity index (χ0n) is 14.4. The summed E-state index contributed by atoms with van der Waals surface area (Å²) in [6.07, 6.45) is 0.703. The van der Waals surface area contributed by atoms with Crippen molar-refractivity contribution in [2.24, 2.45) is 17.3 Å². The van der Waals surface area contributed by atoms with Crippen molar-refractivity contribution in [1.82, 2.24) is 0 Å². The van der Waals surface area contributed by atoms with Gasteiger partial charge in [-0.15, -0.1) is 6.58 Å². The number of hydrogen-bond donors (Lipinski definition) is 2. The second-order valence-corrected chi connectivity index (χ2v) is 6.83. The Bertz CT molecular complexity index is 648. The molecule has 0 spiro atoms. The maximum absolute atomic E-state index is 12.1. The van der Waals surface area contributed by atoms with Gasteiger partial charge in [0.1, 0.15) is 12.2 Å². The summed E-state index contributed by atoms with van der Waals surface area (Å²) in [6.45, 7) is 16.1. The van der Waals surface area contributed by atoms with Crippen LogP contribution in [-0.4, -0.2) is 47.6 Å². The number of hydrogen-bond acceptors (Lipinski definition) is 6. The van der Waals surface area contributed by atoms with Crippen molar-refractivity contribution >= 4 is 11.9 Å². The predicted molar refractivity (Wildman–Crippen MR) is 91.3 cm³/mol. The van der Waals surface area contributed by atoms with E-state index in [0.29, 0.717) is 12.0 Å². The van der Waals surface area contributed by atoms with Crippen molar-refractivity contribution in [1.29, 1.82) is 0 Å². The van der Waals surface area contributed by atoms with E-state index in [1.165, 1.54) is 0 Å². The molecule has 1 aliphatic heterocycles. The number of rotatable bonds is 6. The molecule has 1 saturated carbocycles. The Hall–Kier alpha value is -2.18. The molecule has 2 rings (SSSR count). The fraction of sp³-hybridized carbons (Fsp3) is 0.474. The van der Waals surface area contributed by atoms with E-state index in [2.05, 4.69) is 26.3 Å². The third-order valence-corrected chi connectivity index (χ3v) is 5.19. The molecule has 1 saturated heterocycles. The highest BCUT2D eigenvalue weighted by Gasteiger charge is 2.58. The maximum Gasteiger partial charge on any atom is 0.336 e. The topological polar surface area (TPSA) is 93.1 Å². The van der Waals surface area contributed by atoms with Gasteiger partial charge in [0.05, 0.1) is 24.7 Å². The van der Waals surface area contributed by atoms with E-state index in [9.17, 15) is 14.7 Å². The average Bonchev–Trinajstić information content (AvgIpc) is 2.88. The molecule has 0 unspecified atom stereocenters. The molecule has 25 heavy (non-hydrogen) atoms. The lowest BCUT2D eigenvalue weighted by Crippen LogP contribution is -2.52. The molecule has 0 aromatic heterocycles. The highest BCUT2D eigenvalue weighted by atomic mass is 16.6. The van der Waals surface area contributed by atoms with E-state index in [0.717, 1.165) is 0 Å². The van der Waals surface area contributed by atoms with Crippen LogP contribution in [0.25, 0.3) is 0 Å². The third kappa shape index (κ3) is 3.19. The van der Waals surface area contributed by atoms with E-state index < -0.39 is 42.1 Å². The van der Waals surface area contributed by atoms with Crippen LogP contribution in [-0.2, 0) is 19.1 Å². The van der Waals surface area contributed by atoms with Crippen LogP contribution in [0.1, 0.15) is 13.3 Å². The zero-order valence-corrected chi connectivity index (χ0v) is 14.4. The van der Waals surface area contributed by atoms with Crippen molar-refractivity contribution < 1.29 is 29.3 Å². The van der Waals surface area contributed by atoms with E-state index in [4.69, 9.17) is 14.6 Å². The van der Waals surface area contributed by atoms with E-state index in [1.807, 2.05) is 6.92 Å². The Kier molecular flexibility index (Phi) is 5.34. The molecule has 2 fully saturated rings. The molecule has 0 aromatic rings. The summed E-state index contributed by atoms with van der Waals surface area (Å²) in [7, 11) is 0. The lowest BCUT2D eigenvalue weighted by molar-refractivity contribution is -0.159. The van der Waals surface area contributed by atoms with Gasteiger partial charge >= 0.3 is 11.9 Å². The standard InChI is InChI=1S/C19H24O6/c1-6-19(5)7-13(24-17(22)11(3)9-21)14-12(4)18(23)25-16(14)15(19)10(2)8-20/h6,13-16,20-21H,1-4,7-9H2,5H3/t13-,14+,15+,16-,19+/m0/s1. The molecule has 1 heterocycles. The second kappa shape index (κ2) is 6.98. The first kappa shape index (κ1) is 19.1. The van der Waals surface area contributed by atoms with Gasteiger partial charge in [-0.25, -0.2) is 9.59 Å². The van der Waals surface area contributed by atoms with Gasteiger partial charge < -0.3 is 19.7 Å². The minimum absolute atomic E-state index is 0.0744. The first-order chi connectivity index (χ1) is 11.7. The molecule has 0 bridgehead atoms. The predicted octanol–water partition coefficient (Wildman–Crippen LogP) is 1.31. The van der Waals surface area contributed by atoms with Crippen molar-refractivity contribution in [3.8, 4) is 0 Å². The van der Waals surface area contributed by atoms with E-state index in [-0.39, 0.29) is 23.7 Å². The van der Waals surface area contributed by atoms with Gasteiger partial charge in [-0.1, -0.05) is 32.7 Å². The molecule has 6 nitrogen and oxygen atoms in total. The van der Waals surface area contributed by atoms with Crippen molar-refractivity contribution in [3.63, 3.8) is 0 Å². The molecule has 0 amide bonds. The minimum atomic E-state index is -0.732. The normalized spacial score (nSPS) is 34.0. The fourth-order valence-corrected chi connectivity index (χ4v) is 3.79. The maximum atomic E-state index is 12.1. The zero-order chi connectivity index (χ0) is 18.9. The lowest BCUT2D eigenvalue weighted by atomic mass is 9.59. The molecule has 2 aliphatic rings. The van der Waals surface area contributed by atoms with Gasteiger partial charge in [0.25, 0.3) is 0 Å². The highest BCUT2D eigenvalue weighted by molar-refractivity contribution is 5.92. The summed E-state index contributed by atoms with van der Waals surface area (Å²) in [6, 6.07) is 0. The average molecular weight is 348 g/mol. The van der Waals surface area contributed by atoms with Crippen LogP contribution in [0.2, 0.25) is 0 Å². The van der Waals surface area contributed by atoms with E-state index >= 15 is 0 Å². The largest absolute Gasteiger partial charge is 0.458 e. The van der Waals surface area contributed by atoms with Crippen molar-refractivity contribution in [2.75, 3.05) is 13.2 Å². The molecule has 5 atom stereocenters. The number of fused-ring (bicyclic) bond motifs is 1. The quantitative estimate of drug-likeness (QED) is 0.427. The molecule has 0 aromatic carbocycles. The Balaban J connectivity index is 2.43. The Labute approximate surface area is 147 Å². The number of esters is 2. The summed E-state index contributed by atoms with van der Waals surface area (Å²) in [5.74, 6) is -2.21. The SMILES string of the molecule is C=C[C@]1(C)C[C@H](OC(=O)C(=C)CO)[C@H]2C(=C)C(=O)O[C@@H]2[C@H]1C(=C)CO. The molecular formula is C19H24O6. The lowest BCUT2D eigenvalue weighted by Gasteiger charge is -2.48. The number of aliphatic hydroxyl groups excluding tert-OH is 2. The highest BCUT2D eigenvalue weighted by Crippen LogP contribution is 2.53. The minimum Gasteiger partial charge on any atom is -0.458 e. The number of allylic oxidation sites excluding steroid dienone is 1. The van der Waals surface area contributed by atoms with Crippen LogP contribution in [0, 0.1) is 17.3 Å². The number of carbonyl (C=O) groups is 2. The first-order valence-corrected chi connectivity index (χ1v) is 8.01. The van der Waals surface area contributed by atoms with Crippen LogP contribution in [0.3, 0.4) is 0 Å². The van der Waals surface area contributed by atoms with Crippen molar-refractivity contribution in [3.05, 3.63) is 49.1 Å². The summed E-state index contributed by atoms with van der Waals surface area (Å²) in [4.78, 5) is 24.1. The van der Waals surface area contributed by atoms with Gasteiger partial charge in [-0.2, -0.15) is 0 Å².